The molecule has 0 saturated heterocycles. The number of ether oxygens (including phenoxy) is 1. The third kappa shape index (κ3) is 2.22. The summed E-state index contributed by atoms with van der Waals surface area (Å²) in [6, 6.07) is 9.62. The Morgan fingerprint density at radius 1 is 1.45 bits per heavy atom. The zero-order chi connectivity index (χ0) is 14.1. The number of halogens is 1. The number of nitrogens with zero attached hydrogens (tertiary/aromatic N) is 2. The number of H-pyrrole nitrogens is 1. The van der Waals surface area contributed by atoms with E-state index >= 15 is 0 Å². The zero-order valence-electron chi connectivity index (χ0n) is 10.8. The Kier molecular flexibility index (Phi) is 3.31. The van der Waals surface area contributed by atoms with Crippen LogP contribution < -0.4 is 0 Å². The molecule has 5 nitrogen and oxygen atoms in total. The Bertz CT molecular complexity index is 776. The summed E-state index contributed by atoms with van der Waals surface area (Å²) in [5, 5.41) is 0. The predicted molar refractivity (Wildman–Crippen MR) is 79.1 cm³/mol. The summed E-state index contributed by atoms with van der Waals surface area (Å²) in [5.41, 5.74) is 2.88. The smallest absolute Gasteiger partial charge is 0.354 e. The van der Waals surface area contributed by atoms with Gasteiger partial charge in [0.05, 0.1) is 12.1 Å². The minimum absolute atomic E-state index is 0.348. The van der Waals surface area contributed by atoms with E-state index < -0.39 is 0 Å². The predicted octanol–water partition coefficient (Wildman–Crippen LogP) is 3.29. The monoisotopic (exact) mass is 333 g/mol. The maximum Gasteiger partial charge on any atom is 0.354 e. The molecule has 0 radical (unpaired) electrons. The number of aromatic nitrogens is 3. The number of benzene rings is 1. The van der Waals surface area contributed by atoms with E-state index in [2.05, 4.69) is 25.9 Å². The van der Waals surface area contributed by atoms with Crippen LogP contribution in [0.4, 0.5) is 0 Å². The largest absolute Gasteiger partial charge is 0.461 e. The molecule has 0 amide bonds. The van der Waals surface area contributed by atoms with Crippen LogP contribution in [0.2, 0.25) is 0 Å². The van der Waals surface area contributed by atoms with E-state index in [0.29, 0.717) is 17.9 Å². The van der Waals surface area contributed by atoms with Crippen LogP contribution in [0.25, 0.3) is 16.9 Å². The van der Waals surface area contributed by atoms with Gasteiger partial charge in [-0.15, -0.1) is 0 Å². The summed E-state index contributed by atoms with van der Waals surface area (Å²) in [6.07, 6.45) is 1.72. The summed E-state index contributed by atoms with van der Waals surface area (Å²) in [6.45, 7) is 2.13. The van der Waals surface area contributed by atoms with Crippen LogP contribution in [0, 0.1) is 0 Å². The SMILES string of the molecule is CCOC(=O)c1cc2c(ncn2-c2cccc(Br)c2)[nH]1. The third-order valence-corrected chi connectivity index (χ3v) is 3.41. The number of fused-ring (bicyclic) bond motifs is 1. The first-order valence-corrected chi connectivity index (χ1v) is 6.97. The highest BCUT2D eigenvalue weighted by Crippen LogP contribution is 2.21. The van der Waals surface area contributed by atoms with Gasteiger partial charge in [0, 0.05) is 10.2 Å². The Hall–Kier alpha value is -2.08. The van der Waals surface area contributed by atoms with Crippen LogP contribution in [-0.2, 0) is 4.74 Å². The fraction of sp³-hybridized carbons (Fsp3) is 0.143. The molecule has 2 aromatic heterocycles. The molecule has 0 saturated carbocycles. The van der Waals surface area contributed by atoms with Crippen LogP contribution >= 0.6 is 15.9 Å². The summed E-state index contributed by atoms with van der Waals surface area (Å²) < 4.78 is 7.88. The fourth-order valence-electron chi connectivity index (χ4n) is 2.04. The highest BCUT2D eigenvalue weighted by Gasteiger charge is 2.14. The van der Waals surface area contributed by atoms with Crippen molar-refractivity contribution in [3.05, 3.63) is 46.8 Å². The van der Waals surface area contributed by atoms with Crippen LogP contribution in [-0.4, -0.2) is 27.1 Å². The Labute approximate surface area is 123 Å². The lowest BCUT2D eigenvalue weighted by Crippen LogP contribution is -2.04. The lowest BCUT2D eigenvalue weighted by Gasteiger charge is -2.03. The molecule has 2 heterocycles. The van der Waals surface area contributed by atoms with E-state index in [1.807, 2.05) is 28.8 Å². The molecule has 3 rings (SSSR count). The van der Waals surface area contributed by atoms with Crippen LogP contribution in [0.3, 0.4) is 0 Å². The molecule has 1 N–H and O–H groups in total. The highest BCUT2D eigenvalue weighted by molar-refractivity contribution is 9.10. The molecular formula is C14H12BrN3O2. The number of hydrogen-bond acceptors (Lipinski definition) is 3. The van der Waals surface area contributed by atoms with Gasteiger partial charge in [0.2, 0.25) is 0 Å². The standard InChI is InChI=1S/C14H12BrN3O2/c1-2-20-14(19)11-7-12-13(17-11)16-8-18(12)10-5-3-4-9(15)6-10/h3-8,17H,2H2,1H3. The molecule has 0 unspecified atom stereocenters. The average molecular weight is 334 g/mol. The van der Waals surface area contributed by atoms with Crippen molar-refractivity contribution in [3.8, 4) is 5.69 Å². The normalized spacial score (nSPS) is 10.9. The quantitative estimate of drug-likeness (QED) is 0.748. The number of esters is 1. The van der Waals surface area contributed by atoms with Gasteiger partial charge in [-0.2, -0.15) is 0 Å². The zero-order valence-corrected chi connectivity index (χ0v) is 12.3. The van der Waals surface area contributed by atoms with Gasteiger partial charge in [0.15, 0.2) is 5.65 Å². The lowest BCUT2D eigenvalue weighted by molar-refractivity contribution is 0.0520. The first kappa shape index (κ1) is 12.9. The van der Waals surface area contributed by atoms with Crippen molar-refractivity contribution in [1.82, 2.24) is 14.5 Å². The van der Waals surface area contributed by atoms with Gasteiger partial charge in [-0.3, -0.25) is 4.57 Å². The van der Waals surface area contributed by atoms with Crippen molar-refractivity contribution in [2.24, 2.45) is 0 Å². The van der Waals surface area contributed by atoms with Crippen molar-refractivity contribution < 1.29 is 9.53 Å². The molecule has 0 spiro atoms. The topological polar surface area (TPSA) is 59.9 Å². The molecule has 6 heteroatoms. The Morgan fingerprint density at radius 2 is 2.30 bits per heavy atom. The molecule has 0 aliphatic rings. The van der Waals surface area contributed by atoms with Gasteiger partial charge in [0.25, 0.3) is 0 Å². The second-order valence-electron chi connectivity index (χ2n) is 4.23. The van der Waals surface area contributed by atoms with E-state index in [1.54, 1.807) is 19.3 Å². The number of carbonyl (C=O) groups is 1. The van der Waals surface area contributed by atoms with Crippen molar-refractivity contribution in [2.75, 3.05) is 6.61 Å². The first-order chi connectivity index (χ1) is 9.69. The maximum absolute atomic E-state index is 11.7. The van der Waals surface area contributed by atoms with Crippen molar-refractivity contribution >= 4 is 33.1 Å². The fourth-order valence-corrected chi connectivity index (χ4v) is 2.43. The van der Waals surface area contributed by atoms with Gasteiger partial charge >= 0.3 is 5.97 Å². The second kappa shape index (κ2) is 5.13. The van der Waals surface area contributed by atoms with E-state index in [-0.39, 0.29) is 5.97 Å². The highest BCUT2D eigenvalue weighted by atomic mass is 79.9. The summed E-state index contributed by atoms with van der Waals surface area (Å²) in [4.78, 5) is 19.0. The van der Waals surface area contributed by atoms with Crippen molar-refractivity contribution in [1.29, 1.82) is 0 Å². The van der Waals surface area contributed by atoms with Gasteiger partial charge in [-0.1, -0.05) is 22.0 Å². The maximum atomic E-state index is 11.7. The van der Waals surface area contributed by atoms with Crippen LogP contribution in [0.5, 0.6) is 0 Å². The van der Waals surface area contributed by atoms with Gasteiger partial charge in [-0.05, 0) is 31.2 Å². The van der Waals surface area contributed by atoms with Gasteiger partial charge in [0.1, 0.15) is 12.0 Å². The number of hydrogen-bond donors (Lipinski definition) is 1. The number of imidazole rings is 1. The summed E-state index contributed by atoms with van der Waals surface area (Å²) in [7, 11) is 0. The van der Waals surface area contributed by atoms with E-state index in [9.17, 15) is 4.79 Å². The van der Waals surface area contributed by atoms with Crippen LogP contribution in [0.15, 0.2) is 41.1 Å². The van der Waals surface area contributed by atoms with Gasteiger partial charge in [-0.25, -0.2) is 9.78 Å². The lowest BCUT2D eigenvalue weighted by atomic mass is 10.3. The molecule has 0 atom stereocenters. The minimum Gasteiger partial charge on any atom is -0.461 e. The average Bonchev–Trinajstić information content (AvgIpc) is 2.98. The van der Waals surface area contributed by atoms with E-state index in [1.165, 1.54) is 0 Å². The van der Waals surface area contributed by atoms with E-state index in [0.717, 1.165) is 15.7 Å². The molecule has 0 fully saturated rings. The van der Waals surface area contributed by atoms with Crippen LogP contribution in [0.1, 0.15) is 17.4 Å². The van der Waals surface area contributed by atoms with Crippen molar-refractivity contribution in [3.63, 3.8) is 0 Å². The second-order valence-corrected chi connectivity index (χ2v) is 5.15. The molecule has 20 heavy (non-hydrogen) atoms. The Balaban J connectivity index is 2.07. The molecule has 1 aromatic carbocycles. The molecule has 3 aromatic rings. The Morgan fingerprint density at radius 3 is 3.05 bits per heavy atom. The van der Waals surface area contributed by atoms with Crippen molar-refractivity contribution in [2.45, 2.75) is 6.92 Å². The molecule has 0 bridgehead atoms. The van der Waals surface area contributed by atoms with Gasteiger partial charge < -0.3 is 9.72 Å². The molecule has 0 aliphatic heterocycles. The summed E-state index contributed by atoms with van der Waals surface area (Å²) >= 11 is 3.45. The number of nitrogens with one attached hydrogen (secondary N) is 1. The minimum atomic E-state index is -0.369. The number of aromatic amines is 1. The summed E-state index contributed by atoms with van der Waals surface area (Å²) in [5.74, 6) is -0.369. The molecule has 0 aliphatic carbocycles. The molecular weight excluding hydrogens is 322 g/mol. The first-order valence-electron chi connectivity index (χ1n) is 6.18. The number of rotatable bonds is 3. The van der Waals surface area contributed by atoms with E-state index in [4.69, 9.17) is 4.74 Å². The third-order valence-electron chi connectivity index (χ3n) is 2.92. The number of carbonyl (C=O) groups excluding carboxylic acids is 1. The molecule has 102 valence electrons.